The Balaban J connectivity index is 2.71. The number of carboxylic acid groups (broad SMARTS) is 2. The summed E-state index contributed by atoms with van der Waals surface area (Å²) in [5, 5.41) is 21.2. The molecule has 1 aromatic carbocycles. The molecule has 7 nitrogen and oxygen atoms in total. The number of nitrogens with zero attached hydrogens (tertiary/aromatic N) is 2. The molecule has 0 saturated carbocycles. The van der Waals surface area contributed by atoms with Crippen molar-refractivity contribution in [3.8, 4) is 0 Å². The number of aromatic nitrogens is 2. The molecule has 7 heteroatoms. The molecule has 0 fully saturated rings. The van der Waals surface area contributed by atoms with Crippen LogP contribution in [0.25, 0.3) is 11.0 Å². The molecule has 0 saturated heterocycles. The summed E-state index contributed by atoms with van der Waals surface area (Å²) in [5.41, 5.74) is -0.0366. The highest BCUT2D eigenvalue weighted by Gasteiger charge is 2.12. The third kappa shape index (κ3) is 1.97. The minimum atomic E-state index is -1.42. The van der Waals surface area contributed by atoms with Crippen LogP contribution in [0.3, 0.4) is 0 Å². The van der Waals surface area contributed by atoms with E-state index >= 15 is 0 Å². The lowest BCUT2D eigenvalue weighted by Crippen LogP contribution is -2.36. The van der Waals surface area contributed by atoms with Gasteiger partial charge in [-0.25, -0.2) is 4.79 Å². The van der Waals surface area contributed by atoms with Gasteiger partial charge in [0.1, 0.15) is 0 Å². The standard InChI is InChI=1S/C11H10N2O5/c14-9(15)5-12-7-3-1-2-4-8(7)13(11(12)18)6-10(16)17/h1-4H,5-6H2,(H,14,15)(H,16,17)/p-2. The van der Waals surface area contributed by atoms with Gasteiger partial charge in [-0.15, -0.1) is 0 Å². The molecular formula is C11H8N2O5-2. The van der Waals surface area contributed by atoms with Gasteiger partial charge in [0.15, 0.2) is 0 Å². The summed E-state index contributed by atoms with van der Waals surface area (Å²) in [4.78, 5) is 33.1. The molecule has 0 unspecified atom stereocenters. The lowest BCUT2D eigenvalue weighted by Gasteiger charge is -2.03. The number of carboxylic acids is 2. The van der Waals surface area contributed by atoms with Crippen molar-refractivity contribution in [1.29, 1.82) is 0 Å². The Morgan fingerprint density at radius 2 is 1.33 bits per heavy atom. The first-order valence-electron chi connectivity index (χ1n) is 5.08. The van der Waals surface area contributed by atoms with Crippen LogP contribution in [-0.4, -0.2) is 21.1 Å². The van der Waals surface area contributed by atoms with Crippen LogP contribution in [0.5, 0.6) is 0 Å². The number of fused-ring (bicyclic) bond motifs is 1. The van der Waals surface area contributed by atoms with E-state index in [1.54, 1.807) is 12.1 Å². The van der Waals surface area contributed by atoms with Gasteiger partial charge < -0.3 is 19.8 Å². The van der Waals surface area contributed by atoms with Crippen molar-refractivity contribution >= 4 is 23.0 Å². The van der Waals surface area contributed by atoms with E-state index in [1.165, 1.54) is 12.1 Å². The predicted octanol–water partition coefficient (Wildman–Crippen LogP) is -2.70. The van der Waals surface area contributed by atoms with Crippen LogP contribution in [0.1, 0.15) is 0 Å². The van der Waals surface area contributed by atoms with E-state index in [4.69, 9.17) is 0 Å². The molecule has 1 aromatic heterocycles. The molecule has 94 valence electrons. The largest absolute Gasteiger partial charge is 0.548 e. The van der Waals surface area contributed by atoms with E-state index in [0.717, 1.165) is 9.13 Å². The molecule has 1 heterocycles. The molecule has 0 radical (unpaired) electrons. The zero-order valence-electron chi connectivity index (χ0n) is 9.16. The number of benzene rings is 1. The molecule has 0 atom stereocenters. The fraction of sp³-hybridized carbons (Fsp3) is 0.182. The normalized spacial score (nSPS) is 10.7. The lowest BCUT2D eigenvalue weighted by atomic mass is 10.3. The Kier molecular flexibility index (Phi) is 2.88. The second-order valence-electron chi connectivity index (χ2n) is 3.69. The number of para-hydroxylation sites is 2. The first kappa shape index (κ1) is 11.9. The van der Waals surface area contributed by atoms with Crippen LogP contribution in [0, 0.1) is 0 Å². The van der Waals surface area contributed by atoms with Gasteiger partial charge in [0, 0.05) is 0 Å². The summed E-state index contributed by atoms with van der Waals surface area (Å²) in [6.45, 7) is -1.25. The second-order valence-corrected chi connectivity index (χ2v) is 3.69. The second kappa shape index (κ2) is 4.36. The van der Waals surface area contributed by atoms with Crippen LogP contribution < -0.4 is 15.9 Å². The highest BCUT2D eigenvalue weighted by atomic mass is 16.4. The molecule has 2 rings (SSSR count). The molecule has 2 aromatic rings. The van der Waals surface area contributed by atoms with Crippen molar-refractivity contribution in [3.05, 3.63) is 34.7 Å². The zero-order valence-corrected chi connectivity index (χ0v) is 9.16. The molecular weight excluding hydrogens is 240 g/mol. The third-order valence-electron chi connectivity index (χ3n) is 2.50. The van der Waals surface area contributed by atoms with Gasteiger partial charge in [0.05, 0.1) is 36.1 Å². The van der Waals surface area contributed by atoms with E-state index < -0.39 is 30.7 Å². The number of carbonyl (C=O) groups excluding carboxylic acids is 2. The minimum Gasteiger partial charge on any atom is -0.548 e. The van der Waals surface area contributed by atoms with E-state index in [0.29, 0.717) is 11.0 Å². The van der Waals surface area contributed by atoms with Gasteiger partial charge >= 0.3 is 5.69 Å². The van der Waals surface area contributed by atoms with Crippen LogP contribution in [0.15, 0.2) is 29.1 Å². The Hall–Kier alpha value is -2.57. The van der Waals surface area contributed by atoms with Crippen molar-refractivity contribution in [3.63, 3.8) is 0 Å². The van der Waals surface area contributed by atoms with Crippen molar-refractivity contribution in [2.45, 2.75) is 13.1 Å². The van der Waals surface area contributed by atoms with Crippen molar-refractivity contribution < 1.29 is 19.8 Å². The van der Waals surface area contributed by atoms with E-state index in [9.17, 15) is 24.6 Å². The van der Waals surface area contributed by atoms with Gasteiger partial charge in [-0.05, 0) is 12.1 Å². The van der Waals surface area contributed by atoms with Crippen LogP contribution in [-0.2, 0) is 22.7 Å². The Labute approximate surface area is 100 Å². The molecule has 0 aliphatic heterocycles. The minimum absolute atomic E-state index is 0.341. The molecule has 0 bridgehead atoms. The maximum atomic E-state index is 11.9. The van der Waals surface area contributed by atoms with Gasteiger partial charge in [-0.1, -0.05) is 12.1 Å². The monoisotopic (exact) mass is 248 g/mol. The number of aliphatic carboxylic acids is 2. The zero-order chi connectivity index (χ0) is 13.3. The molecule has 0 spiro atoms. The van der Waals surface area contributed by atoms with Crippen LogP contribution in [0.2, 0.25) is 0 Å². The van der Waals surface area contributed by atoms with Crippen LogP contribution in [0.4, 0.5) is 0 Å². The van der Waals surface area contributed by atoms with Crippen molar-refractivity contribution in [2.24, 2.45) is 0 Å². The number of imidazole rings is 1. The molecule has 0 amide bonds. The summed E-state index contributed by atoms with van der Waals surface area (Å²) < 4.78 is 1.90. The summed E-state index contributed by atoms with van der Waals surface area (Å²) in [5.74, 6) is -2.85. The first-order valence-corrected chi connectivity index (χ1v) is 5.08. The lowest BCUT2D eigenvalue weighted by molar-refractivity contribution is -0.307. The third-order valence-corrected chi connectivity index (χ3v) is 2.50. The Morgan fingerprint density at radius 1 is 0.944 bits per heavy atom. The molecule has 18 heavy (non-hydrogen) atoms. The van der Waals surface area contributed by atoms with Crippen molar-refractivity contribution in [2.75, 3.05) is 0 Å². The average molecular weight is 248 g/mol. The fourth-order valence-electron chi connectivity index (χ4n) is 1.84. The molecule has 0 aliphatic rings. The van der Waals surface area contributed by atoms with Gasteiger partial charge in [-0.3, -0.25) is 9.13 Å². The van der Waals surface area contributed by atoms with Gasteiger partial charge in [0.2, 0.25) is 0 Å². The number of hydrogen-bond donors (Lipinski definition) is 0. The maximum Gasteiger partial charge on any atom is 0.329 e. The summed E-state index contributed by atoms with van der Waals surface area (Å²) in [6, 6.07) is 6.31. The number of hydrogen-bond acceptors (Lipinski definition) is 5. The van der Waals surface area contributed by atoms with Gasteiger partial charge in [0.25, 0.3) is 0 Å². The number of rotatable bonds is 4. The highest BCUT2D eigenvalue weighted by Crippen LogP contribution is 2.12. The smallest absolute Gasteiger partial charge is 0.329 e. The Bertz CT molecular complexity index is 626. The first-order chi connectivity index (χ1) is 8.50. The highest BCUT2D eigenvalue weighted by molar-refractivity contribution is 5.79. The molecule has 0 aliphatic carbocycles. The average Bonchev–Trinajstić information content (AvgIpc) is 2.54. The maximum absolute atomic E-state index is 11.9. The van der Waals surface area contributed by atoms with E-state index in [-0.39, 0.29) is 0 Å². The Morgan fingerprint density at radius 3 is 1.67 bits per heavy atom. The SMILES string of the molecule is O=C([O-])Cn1c(=O)n(CC(=O)[O-])c2ccccc21. The summed E-state index contributed by atoms with van der Waals surface area (Å²) >= 11 is 0. The van der Waals surface area contributed by atoms with Gasteiger partial charge in [-0.2, -0.15) is 0 Å². The van der Waals surface area contributed by atoms with E-state index in [1.807, 2.05) is 0 Å². The summed E-state index contributed by atoms with van der Waals surface area (Å²) in [7, 11) is 0. The molecule has 0 N–H and O–H groups in total. The predicted molar refractivity (Wildman–Crippen MR) is 56.2 cm³/mol. The quantitative estimate of drug-likeness (QED) is 0.585. The fourth-order valence-corrected chi connectivity index (χ4v) is 1.84. The van der Waals surface area contributed by atoms with Crippen LogP contribution >= 0.6 is 0 Å². The number of carbonyl (C=O) groups is 2. The van der Waals surface area contributed by atoms with E-state index in [2.05, 4.69) is 0 Å². The summed E-state index contributed by atoms with van der Waals surface area (Å²) in [6.07, 6.45) is 0. The van der Waals surface area contributed by atoms with Crippen molar-refractivity contribution in [1.82, 2.24) is 9.13 Å². The topological polar surface area (TPSA) is 107 Å².